The van der Waals surface area contributed by atoms with Gasteiger partial charge < -0.3 is 0 Å². The molecule has 0 fully saturated rings. The van der Waals surface area contributed by atoms with Crippen molar-refractivity contribution >= 4 is 12.6 Å². The van der Waals surface area contributed by atoms with Gasteiger partial charge in [0.15, 0.2) is 0 Å². The van der Waals surface area contributed by atoms with Gasteiger partial charge in [0.2, 0.25) is 5.82 Å². The number of thiol groups is 1. The number of halogens is 3. The topological polar surface area (TPSA) is 25.8 Å². The smallest absolute Gasteiger partial charge is 0.232 e. The lowest BCUT2D eigenvalue weighted by Gasteiger charge is -2.02. The summed E-state index contributed by atoms with van der Waals surface area (Å²) in [6.07, 6.45) is -2.47. The van der Waals surface area contributed by atoms with Crippen LogP contribution in [0.15, 0.2) is 17.3 Å². The van der Waals surface area contributed by atoms with Crippen LogP contribution in [0.1, 0.15) is 5.82 Å². The number of aromatic nitrogens is 2. The Hall–Kier alpha value is -0.780. The van der Waals surface area contributed by atoms with Crippen LogP contribution in [0.5, 0.6) is 0 Å². The molecule has 2 nitrogen and oxygen atoms in total. The molecule has 0 aromatic carbocycles. The maximum absolute atomic E-state index is 11.8. The minimum Gasteiger partial charge on any atom is -0.232 e. The molecule has 0 N–H and O–H groups in total. The second-order valence-corrected chi connectivity index (χ2v) is 2.28. The molecule has 0 spiro atoms. The maximum atomic E-state index is 11.8. The Kier molecular flexibility index (Phi) is 2.03. The van der Waals surface area contributed by atoms with Crippen LogP contribution < -0.4 is 0 Å². The first kappa shape index (κ1) is 8.32. The normalized spacial score (nSPS) is 11.6. The Bertz CT molecular complexity index is 243. The molecule has 1 aromatic rings. The Labute approximate surface area is 65.9 Å². The molecule has 1 heterocycles. The van der Waals surface area contributed by atoms with E-state index in [0.29, 0.717) is 4.90 Å². The van der Waals surface area contributed by atoms with Gasteiger partial charge in [0.25, 0.3) is 0 Å². The predicted octanol–water partition coefficient (Wildman–Crippen LogP) is 1.78. The van der Waals surface area contributed by atoms with Gasteiger partial charge in [0.1, 0.15) is 0 Å². The Morgan fingerprint density at radius 2 is 1.64 bits per heavy atom. The van der Waals surface area contributed by atoms with Gasteiger partial charge in [-0.05, 0) is 0 Å². The first-order chi connectivity index (χ1) is 5.00. The van der Waals surface area contributed by atoms with Crippen LogP contribution in [-0.4, -0.2) is 9.97 Å². The molecule has 0 saturated carbocycles. The first-order valence-corrected chi connectivity index (χ1v) is 3.03. The molecule has 1 rings (SSSR count). The molecule has 11 heavy (non-hydrogen) atoms. The largest absolute Gasteiger partial charge is 0.451 e. The van der Waals surface area contributed by atoms with E-state index in [-0.39, 0.29) is 0 Å². The van der Waals surface area contributed by atoms with Gasteiger partial charge >= 0.3 is 6.18 Å². The lowest BCUT2D eigenvalue weighted by atomic mass is 10.5. The van der Waals surface area contributed by atoms with E-state index in [1.165, 1.54) is 0 Å². The first-order valence-electron chi connectivity index (χ1n) is 2.58. The van der Waals surface area contributed by atoms with Gasteiger partial charge in [-0.1, -0.05) is 0 Å². The lowest BCUT2D eigenvalue weighted by molar-refractivity contribution is -0.145. The molecule has 60 valence electrons. The van der Waals surface area contributed by atoms with E-state index in [1.807, 2.05) is 0 Å². The van der Waals surface area contributed by atoms with E-state index >= 15 is 0 Å². The van der Waals surface area contributed by atoms with Crippen LogP contribution in [0, 0.1) is 0 Å². The zero-order valence-electron chi connectivity index (χ0n) is 5.13. The van der Waals surface area contributed by atoms with Crippen molar-refractivity contribution in [2.24, 2.45) is 0 Å². The van der Waals surface area contributed by atoms with Crippen LogP contribution in [0.25, 0.3) is 0 Å². The van der Waals surface area contributed by atoms with Crippen LogP contribution in [0.4, 0.5) is 13.2 Å². The van der Waals surface area contributed by atoms with Gasteiger partial charge in [-0.3, -0.25) is 0 Å². The average Bonchev–Trinajstić information content (AvgIpc) is 1.86. The van der Waals surface area contributed by atoms with Crippen molar-refractivity contribution in [3.05, 3.63) is 18.2 Å². The Balaban J connectivity index is 2.99. The van der Waals surface area contributed by atoms with Gasteiger partial charge in [0.05, 0.1) is 0 Å². The lowest BCUT2D eigenvalue weighted by Crippen LogP contribution is -2.09. The van der Waals surface area contributed by atoms with Crippen molar-refractivity contribution in [2.45, 2.75) is 11.1 Å². The molecule has 0 radical (unpaired) electrons. The third-order valence-electron chi connectivity index (χ3n) is 0.892. The highest BCUT2D eigenvalue weighted by molar-refractivity contribution is 7.80. The average molecular weight is 180 g/mol. The molecular formula is C5H3F3N2S. The van der Waals surface area contributed by atoms with Crippen molar-refractivity contribution in [2.75, 3.05) is 0 Å². The van der Waals surface area contributed by atoms with Crippen molar-refractivity contribution in [3.63, 3.8) is 0 Å². The van der Waals surface area contributed by atoms with Gasteiger partial charge in [-0.15, -0.1) is 12.6 Å². The number of hydrogen-bond donors (Lipinski definition) is 1. The molecule has 0 saturated heterocycles. The predicted molar refractivity (Wildman–Crippen MR) is 34.3 cm³/mol. The van der Waals surface area contributed by atoms with Crippen LogP contribution in [0.3, 0.4) is 0 Å². The standard InChI is InChI=1S/C5H3F3N2S/c6-5(7,8)4-9-1-3(11)2-10-4/h1-2,11H. The monoisotopic (exact) mass is 180 g/mol. The summed E-state index contributed by atoms with van der Waals surface area (Å²) in [5, 5.41) is 0. The zero-order chi connectivity index (χ0) is 8.48. The molecule has 0 aliphatic carbocycles. The summed E-state index contributed by atoms with van der Waals surface area (Å²) in [6, 6.07) is 0. The van der Waals surface area contributed by atoms with E-state index < -0.39 is 12.0 Å². The second-order valence-electron chi connectivity index (χ2n) is 1.76. The van der Waals surface area contributed by atoms with Crippen molar-refractivity contribution < 1.29 is 13.2 Å². The third-order valence-corrected chi connectivity index (χ3v) is 1.12. The molecule has 0 unspecified atom stereocenters. The summed E-state index contributed by atoms with van der Waals surface area (Å²) in [5.74, 6) is -1.14. The van der Waals surface area contributed by atoms with E-state index in [2.05, 4.69) is 22.6 Å². The van der Waals surface area contributed by atoms with E-state index in [0.717, 1.165) is 12.4 Å². The van der Waals surface area contributed by atoms with Crippen LogP contribution in [0.2, 0.25) is 0 Å². The zero-order valence-corrected chi connectivity index (χ0v) is 6.02. The minimum atomic E-state index is -4.47. The summed E-state index contributed by atoms with van der Waals surface area (Å²) in [7, 11) is 0. The summed E-state index contributed by atoms with van der Waals surface area (Å²) in [5.41, 5.74) is 0. The molecule has 0 aliphatic rings. The minimum absolute atomic E-state index is 0.304. The molecule has 6 heteroatoms. The van der Waals surface area contributed by atoms with Crippen LogP contribution in [-0.2, 0) is 6.18 Å². The van der Waals surface area contributed by atoms with E-state index in [4.69, 9.17) is 0 Å². The number of rotatable bonds is 0. The van der Waals surface area contributed by atoms with E-state index in [9.17, 15) is 13.2 Å². The molecule has 0 bridgehead atoms. The summed E-state index contributed by atoms with van der Waals surface area (Å²) < 4.78 is 35.3. The molecule has 1 aromatic heterocycles. The molecule has 0 aliphatic heterocycles. The fourth-order valence-electron chi connectivity index (χ4n) is 0.468. The van der Waals surface area contributed by atoms with Gasteiger partial charge in [0, 0.05) is 17.3 Å². The van der Waals surface area contributed by atoms with Crippen molar-refractivity contribution in [1.82, 2.24) is 9.97 Å². The van der Waals surface area contributed by atoms with Crippen molar-refractivity contribution in [3.8, 4) is 0 Å². The van der Waals surface area contributed by atoms with Gasteiger partial charge in [-0.25, -0.2) is 9.97 Å². The number of hydrogen-bond acceptors (Lipinski definition) is 3. The Morgan fingerprint density at radius 1 is 1.18 bits per heavy atom. The summed E-state index contributed by atoms with van der Waals surface area (Å²) in [4.78, 5) is 6.38. The fourth-order valence-corrected chi connectivity index (χ4v) is 0.583. The van der Waals surface area contributed by atoms with E-state index in [1.54, 1.807) is 0 Å². The molecule has 0 amide bonds. The SMILES string of the molecule is FC(F)(F)c1ncc(S)cn1. The van der Waals surface area contributed by atoms with Gasteiger partial charge in [-0.2, -0.15) is 13.2 Å². The number of alkyl halides is 3. The second kappa shape index (κ2) is 2.69. The highest BCUT2D eigenvalue weighted by Crippen LogP contribution is 2.25. The van der Waals surface area contributed by atoms with Crippen molar-refractivity contribution in [1.29, 1.82) is 0 Å². The van der Waals surface area contributed by atoms with Crippen LogP contribution >= 0.6 is 12.6 Å². The third kappa shape index (κ3) is 2.07. The number of nitrogens with zero attached hydrogens (tertiary/aromatic N) is 2. The highest BCUT2D eigenvalue weighted by atomic mass is 32.1. The highest BCUT2D eigenvalue weighted by Gasteiger charge is 2.34. The maximum Gasteiger partial charge on any atom is 0.451 e. The quantitative estimate of drug-likeness (QED) is 0.616. The summed E-state index contributed by atoms with van der Waals surface area (Å²) >= 11 is 3.73. The fraction of sp³-hybridized carbons (Fsp3) is 0.200. The molecule has 0 atom stereocenters. The Morgan fingerprint density at radius 3 is 2.00 bits per heavy atom. The summed E-state index contributed by atoms with van der Waals surface area (Å²) in [6.45, 7) is 0. The molecular weight excluding hydrogens is 177 g/mol.